The van der Waals surface area contributed by atoms with Crippen LogP contribution in [0.2, 0.25) is 0 Å². The van der Waals surface area contributed by atoms with Crippen LogP contribution in [0.3, 0.4) is 0 Å². The van der Waals surface area contributed by atoms with E-state index in [1.54, 1.807) is 6.07 Å². The second-order valence-corrected chi connectivity index (χ2v) is 6.25. The maximum Gasteiger partial charge on any atom is 0.124 e. The summed E-state index contributed by atoms with van der Waals surface area (Å²) in [6.07, 6.45) is 2.07. The Bertz CT molecular complexity index is 695. The van der Waals surface area contributed by atoms with E-state index in [1.807, 2.05) is 12.1 Å². The summed E-state index contributed by atoms with van der Waals surface area (Å²) in [6, 6.07) is 7.79. The molecule has 0 saturated carbocycles. The first-order valence-corrected chi connectivity index (χ1v) is 7.72. The highest BCUT2D eigenvalue weighted by Gasteiger charge is 2.29. The zero-order valence-corrected chi connectivity index (χ0v) is 12.9. The third-order valence-corrected chi connectivity index (χ3v) is 4.55. The van der Waals surface area contributed by atoms with Crippen molar-refractivity contribution in [3.8, 4) is 6.07 Å². The molecule has 4 nitrogen and oxygen atoms in total. The molecule has 2 heterocycles. The van der Waals surface area contributed by atoms with Gasteiger partial charge in [-0.25, -0.2) is 4.98 Å². The third kappa shape index (κ3) is 2.76. The molecule has 0 radical (unpaired) electrons. The fourth-order valence-corrected chi connectivity index (χ4v) is 3.13. The lowest BCUT2D eigenvalue weighted by Crippen LogP contribution is -2.31. The lowest BCUT2D eigenvalue weighted by molar-refractivity contribution is 0.0157. The van der Waals surface area contributed by atoms with Crippen LogP contribution in [0.5, 0.6) is 0 Å². The molecule has 0 N–H and O–H groups in total. The van der Waals surface area contributed by atoms with E-state index >= 15 is 0 Å². The van der Waals surface area contributed by atoms with Crippen LogP contribution in [0, 0.1) is 16.7 Å². The van der Waals surface area contributed by atoms with Crippen molar-refractivity contribution in [1.82, 2.24) is 9.55 Å². The molecule has 1 aliphatic rings. The predicted octanol–water partition coefficient (Wildman–Crippen LogP) is 3.46. The average molecular weight is 304 g/mol. The summed E-state index contributed by atoms with van der Waals surface area (Å²) < 4.78 is 7.65. The summed E-state index contributed by atoms with van der Waals surface area (Å²) in [6.45, 7) is 4.77. The van der Waals surface area contributed by atoms with Gasteiger partial charge in [-0.1, -0.05) is 6.92 Å². The number of aromatic nitrogens is 2. The maximum atomic E-state index is 9.10. The minimum absolute atomic E-state index is 0.190. The number of alkyl halides is 1. The van der Waals surface area contributed by atoms with Gasteiger partial charge < -0.3 is 9.30 Å². The van der Waals surface area contributed by atoms with Gasteiger partial charge in [0.2, 0.25) is 0 Å². The van der Waals surface area contributed by atoms with Crippen molar-refractivity contribution in [1.29, 1.82) is 5.26 Å². The van der Waals surface area contributed by atoms with Crippen molar-refractivity contribution in [2.45, 2.75) is 32.2 Å². The maximum absolute atomic E-state index is 9.10. The lowest BCUT2D eigenvalue weighted by atomic mass is 9.82. The van der Waals surface area contributed by atoms with Crippen LogP contribution >= 0.6 is 11.6 Å². The van der Waals surface area contributed by atoms with E-state index in [1.165, 1.54) is 0 Å². The molecular formula is C16H18ClN3O. The topological polar surface area (TPSA) is 50.8 Å². The van der Waals surface area contributed by atoms with Gasteiger partial charge >= 0.3 is 0 Å². The summed E-state index contributed by atoms with van der Waals surface area (Å²) in [5.41, 5.74) is 2.75. The summed E-state index contributed by atoms with van der Waals surface area (Å²) in [4.78, 5) is 4.59. The number of hydrogen-bond acceptors (Lipinski definition) is 3. The molecule has 2 aromatic rings. The van der Waals surface area contributed by atoms with E-state index in [9.17, 15) is 0 Å². The number of ether oxygens (including phenoxy) is 1. The summed E-state index contributed by atoms with van der Waals surface area (Å²) in [5, 5.41) is 9.10. The van der Waals surface area contributed by atoms with Crippen LogP contribution in [0.25, 0.3) is 11.0 Å². The number of nitrogens with zero attached hydrogens (tertiary/aromatic N) is 3. The molecule has 0 bridgehead atoms. The van der Waals surface area contributed by atoms with Gasteiger partial charge in [-0.15, -0.1) is 11.6 Å². The molecule has 5 heteroatoms. The Morgan fingerprint density at radius 3 is 2.86 bits per heavy atom. The van der Waals surface area contributed by atoms with Crippen molar-refractivity contribution in [2.24, 2.45) is 5.41 Å². The van der Waals surface area contributed by atoms with Gasteiger partial charge in [-0.2, -0.15) is 5.26 Å². The number of imidazole rings is 1. The fourth-order valence-electron chi connectivity index (χ4n) is 2.92. The van der Waals surface area contributed by atoms with Crippen LogP contribution in [0.4, 0.5) is 0 Å². The minimum Gasteiger partial charge on any atom is -0.381 e. The Balaban J connectivity index is 2.04. The van der Waals surface area contributed by atoms with Gasteiger partial charge in [0.15, 0.2) is 0 Å². The number of nitriles is 1. The van der Waals surface area contributed by atoms with Gasteiger partial charge in [-0.05, 0) is 36.5 Å². The number of halogens is 1. The normalized spacial score (nSPS) is 17.8. The molecule has 0 amide bonds. The largest absolute Gasteiger partial charge is 0.381 e. The molecule has 1 aromatic heterocycles. The first-order chi connectivity index (χ1) is 10.1. The van der Waals surface area contributed by atoms with Crippen molar-refractivity contribution in [2.75, 3.05) is 13.2 Å². The van der Waals surface area contributed by atoms with Gasteiger partial charge in [0.05, 0.1) is 28.5 Å². The minimum atomic E-state index is 0.190. The first kappa shape index (κ1) is 14.4. The summed E-state index contributed by atoms with van der Waals surface area (Å²) in [7, 11) is 0. The highest BCUT2D eigenvalue weighted by molar-refractivity contribution is 6.16. The van der Waals surface area contributed by atoms with Gasteiger partial charge in [0.1, 0.15) is 5.82 Å². The summed E-state index contributed by atoms with van der Waals surface area (Å²) >= 11 is 6.07. The molecule has 0 spiro atoms. The van der Waals surface area contributed by atoms with Crippen LogP contribution in [0.15, 0.2) is 18.2 Å². The lowest BCUT2D eigenvalue weighted by Gasteiger charge is -2.34. The molecule has 1 fully saturated rings. The average Bonchev–Trinajstić information content (AvgIpc) is 2.84. The molecule has 0 atom stereocenters. The molecule has 21 heavy (non-hydrogen) atoms. The molecule has 1 saturated heterocycles. The van der Waals surface area contributed by atoms with Crippen molar-refractivity contribution in [3.05, 3.63) is 29.6 Å². The first-order valence-electron chi connectivity index (χ1n) is 7.18. The van der Waals surface area contributed by atoms with Crippen molar-refractivity contribution < 1.29 is 4.74 Å². The predicted molar refractivity (Wildman–Crippen MR) is 82.2 cm³/mol. The Hall–Kier alpha value is -1.57. The Morgan fingerprint density at radius 1 is 1.43 bits per heavy atom. The standard InChI is InChI=1S/C16H18ClN3O/c1-16(4-6-21-7-5-16)11-20-14-8-12(10-18)2-3-13(14)19-15(20)9-17/h2-3,8H,4-7,9,11H2,1H3. The van der Waals surface area contributed by atoms with E-state index in [2.05, 4.69) is 22.5 Å². The number of rotatable bonds is 3. The second-order valence-electron chi connectivity index (χ2n) is 5.99. The zero-order chi connectivity index (χ0) is 14.9. The van der Waals surface area contributed by atoms with Gasteiger partial charge in [0.25, 0.3) is 0 Å². The number of fused-ring (bicyclic) bond motifs is 1. The molecule has 110 valence electrons. The smallest absolute Gasteiger partial charge is 0.124 e. The van der Waals surface area contributed by atoms with E-state index in [-0.39, 0.29) is 5.41 Å². The highest BCUT2D eigenvalue weighted by atomic mass is 35.5. The Kier molecular flexibility index (Phi) is 3.88. The van der Waals surface area contributed by atoms with Crippen LogP contribution in [0.1, 0.15) is 31.2 Å². The molecule has 1 aliphatic heterocycles. The zero-order valence-electron chi connectivity index (χ0n) is 12.1. The molecule has 1 aromatic carbocycles. The molecule has 3 rings (SSSR count). The number of hydrogen-bond donors (Lipinski definition) is 0. The van der Waals surface area contributed by atoms with Crippen LogP contribution in [-0.4, -0.2) is 22.8 Å². The Morgan fingerprint density at radius 2 is 2.19 bits per heavy atom. The van der Waals surface area contributed by atoms with Crippen LogP contribution in [-0.2, 0) is 17.2 Å². The van der Waals surface area contributed by atoms with E-state index in [0.29, 0.717) is 11.4 Å². The number of benzene rings is 1. The van der Waals surface area contributed by atoms with Crippen LogP contribution < -0.4 is 0 Å². The fraction of sp³-hybridized carbons (Fsp3) is 0.500. The molecular weight excluding hydrogens is 286 g/mol. The van der Waals surface area contributed by atoms with Crippen molar-refractivity contribution >= 4 is 22.6 Å². The highest BCUT2D eigenvalue weighted by Crippen LogP contribution is 2.33. The SMILES string of the molecule is CC1(Cn2c(CCl)nc3ccc(C#N)cc32)CCOCC1. The Labute approximate surface area is 129 Å². The molecule has 0 aliphatic carbocycles. The molecule has 0 unspecified atom stereocenters. The van der Waals surface area contributed by atoms with Gasteiger partial charge in [-0.3, -0.25) is 0 Å². The van der Waals surface area contributed by atoms with E-state index in [0.717, 1.165) is 49.5 Å². The third-order valence-electron chi connectivity index (χ3n) is 4.32. The van der Waals surface area contributed by atoms with Gasteiger partial charge in [0, 0.05) is 19.8 Å². The van der Waals surface area contributed by atoms with Crippen molar-refractivity contribution in [3.63, 3.8) is 0 Å². The monoisotopic (exact) mass is 303 g/mol. The quantitative estimate of drug-likeness (QED) is 0.816. The second kappa shape index (κ2) is 5.67. The van der Waals surface area contributed by atoms with E-state index < -0.39 is 0 Å². The summed E-state index contributed by atoms with van der Waals surface area (Å²) in [5.74, 6) is 1.25. The van der Waals surface area contributed by atoms with E-state index in [4.69, 9.17) is 21.6 Å².